The third-order valence-corrected chi connectivity index (χ3v) is 2.07. The summed E-state index contributed by atoms with van der Waals surface area (Å²) in [6.45, 7) is 4.00. The fourth-order valence-electron chi connectivity index (χ4n) is 1.31. The van der Waals surface area contributed by atoms with Crippen molar-refractivity contribution in [3.63, 3.8) is 0 Å². The maximum Gasteiger partial charge on any atom is 0.145 e. The minimum Gasteiger partial charge on any atom is -0.389 e. The van der Waals surface area contributed by atoms with Crippen LogP contribution in [0.5, 0.6) is 0 Å². The summed E-state index contributed by atoms with van der Waals surface area (Å²) in [5.74, 6) is -0.492. The zero-order valence-corrected chi connectivity index (χ0v) is 9.42. The Balaban J connectivity index is 2.65. The van der Waals surface area contributed by atoms with E-state index in [-0.39, 0.29) is 5.56 Å². The van der Waals surface area contributed by atoms with Gasteiger partial charge in [0.15, 0.2) is 0 Å². The van der Waals surface area contributed by atoms with Crippen molar-refractivity contribution in [1.29, 1.82) is 5.26 Å². The van der Waals surface area contributed by atoms with Gasteiger partial charge in [0.05, 0.1) is 11.2 Å². The number of benzene rings is 1. The van der Waals surface area contributed by atoms with Gasteiger partial charge in [-0.2, -0.15) is 5.26 Å². The quantitative estimate of drug-likeness (QED) is 0.812. The predicted molar refractivity (Wildman–Crippen MR) is 59.1 cm³/mol. The molecule has 86 valence electrons. The Morgan fingerprint density at radius 3 is 2.75 bits per heavy atom. The van der Waals surface area contributed by atoms with Gasteiger partial charge >= 0.3 is 0 Å². The van der Waals surface area contributed by atoms with Gasteiger partial charge in [0, 0.05) is 18.7 Å². The van der Waals surface area contributed by atoms with Crippen LogP contribution in [0.2, 0.25) is 0 Å². The zero-order valence-electron chi connectivity index (χ0n) is 9.42. The summed E-state index contributed by atoms with van der Waals surface area (Å²) in [5, 5.41) is 21.0. The summed E-state index contributed by atoms with van der Waals surface area (Å²) < 4.78 is 13.6. The Morgan fingerprint density at radius 2 is 2.19 bits per heavy atom. The SMILES string of the molecule is CC(C)(O)CNCc1cccc(C#N)c1F. The molecular weight excluding hydrogens is 207 g/mol. The number of hydrogen-bond acceptors (Lipinski definition) is 3. The van der Waals surface area contributed by atoms with E-state index in [9.17, 15) is 9.50 Å². The molecule has 2 N–H and O–H groups in total. The highest BCUT2D eigenvalue weighted by Gasteiger charge is 2.12. The van der Waals surface area contributed by atoms with E-state index in [0.717, 1.165) is 0 Å². The molecule has 0 heterocycles. The van der Waals surface area contributed by atoms with E-state index < -0.39 is 11.4 Å². The molecule has 0 radical (unpaired) electrons. The standard InChI is InChI=1S/C12H15FN2O/c1-12(2,16)8-15-7-10-5-3-4-9(6-14)11(10)13/h3-5,15-16H,7-8H2,1-2H3. The molecule has 0 aliphatic carbocycles. The van der Waals surface area contributed by atoms with Crippen LogP contribution in [0.15, 0.2) is 18.2 Å². The molecule has 0 saturated carbocycles. The van der Waals surface area contributed by atoms with Crippen LogP contribution in [-0.2, 0) is 6.54 Å². The Labute approximate surface area is 94.5 Å². The number of aliphatic hydroxyl groups is 1. The van der Waals surface area contributed by atoms with Crippen LogP contribution in [-0.4, -0.2) is 17.3 Å². The Bertz CT molecular complexity index is 404. The summed E-state index contributed by atoms with van der Waals surface area (Å²) in [5.41, 5.74) is -0.352. The second kappa shape index (κ2) is 5.06. The van der Waals surface area contributed by atoms with Gasteiger partial charge in [0.2, 0.25) is 0 Å². The Hall–Kier alpha value is -1.44. The van der Waals surface area contributed by atoms with Crippen LogP contribution in [0, 0.1) is 17.1 Å². The van der Waals surface area contributed by atoms with E-state index in [1.807, 2.05) is 0 Å². The van der Waals surface area contributed by atoms with Crippen molar-refractivity contribution in [1.82, 2.24) is 5.32 Å². The fourth-order valence-corrected chi connectivity index (χ4v) is 1.31. The first-order valence-corrected chi connectivity index (χ1v) is 5.04. The molecule has 1 aromatic rings. The lowest BCUT2D eigenvalue weighted by molar-refractivity contribution is 0.0794. The smallest absolute Gasteiger partial charge is 0.145 e. The van der Waals surface area contributed by atoms with Crippen molar-refractivity contribution in [3.05, 3.63) is 35.1 Å². The molecule has 0 fully saturated rings. The van der Waals surface area contributed by atoms with Gasteiger partial charge in [0.25, 0.3) is 0 Å². The molecule has 0 aromatic heterocycles. The molecule has 0 unspecified atom stereocenters. The third-order valence-electron chi connectivity index (χ3n) is 2.07. The van der Waals surface area contributed by atoms with Gasteiger partial charge in [-0.1, -0.05) is 12.1 Å². The molecule has 3 nitrogen and oxygen atoms in total. The average molecular weight is 222 g/mol. The predicted octanol–water partition coefficient (Wildman–Crippen LogP) is 1.56. The molecule has 1 rings (SSSR count). The third kappa shape index (κ3) is 3.61. The van der Waals surface area contributed by atoms with Crippen molar-refractivity contribution < 1.29 is 9.50 Å². The normalized spacial score (nSPS) is 11.2. The summed E-state index contributed by atoms with van der Waals surface area (Å²) in [6, 6.07) is 6.49. The second-order valence-electron chi connectivity index (χ2n) is 4.31. The van der Waals surface area contributed by atoms with Crippen molar-refractivity contribution in [2.45, 2.75) is 26.0 Å². The largest absolute Gasteiger partial charge is 0.389 e. The minimum absolute atomic E-state index is 0.0440. The molecule has 0 aliphatic rings. The molecule has 16 heavy (non-hydrogen) atoms. The summed E-state index contributed by atoms with van der Waals surface area (Å²) in [7, 11) is 0. The highest BCUT2D eigenvalue weighted by molar-refractivity contribution is 5.34. The molecule has 0 spiro atoms. The second-order valence-corrected chi connectivity index (χ2v) is 4.31. The van der Waals surface area contributed by atoms with Crippen molar-refractivity contribution in [2.24, 2.45) is 0 Å². The molecular formula is C12H15FN2O. The maximum absolute atomic E-state index is 13.6. The molecule has 0 atom stereocenters. The van der Waals surface area contributed by atoms with Crippen LogP contribution < -0.4 is 5.32 Å². The van der Waals surface area contributed by atoms with Crippen LogP contribution in [0.4, 0.5) is 4.39 Å². The zero-order chi connectivity index (χ0) is 12.2. The Morgan fingerprint density at radius 1 is 1.50 bits per heavy atom. The average Bonchev–Trinajstić information content (AvgIpc) is 2.19. The lowest BCUT2D eigenvalue weighted by Crippen LogP contribution is -2.34. The molecule has 0 bridgehead atoms. The van der Waals surface area contributed by atoms with Gasteiger partial charge in [-0.05, 0) is 19.9 Å². The molecule has 0 amide bonds. The number of nitrogens with one attached hydrogen (secondary N) is 1. The van der Waals surface area contributed by atoms with Crippen LogP contribution >= 0.6 is 0 Å². The van der Waals surface area contributed by atoms with Gasteiger partial charge in [-0.3, -0.25) is 0 Å². The maximum atomic E-state index is 13.6. The monoisotopic (exact) mass is 222 g/mol. The summed E-state index contributed by atoms with van der Waals surface area (Å²) in [6.07, 6.45) is 0. The first kappa shape index (κ1) is 12.6. The fraction of sp³-hybridized carbons (Fsp3) is 0.417. The summed E-state index contributed by atoms with van der Waals surface area (Å²) >= 11 is 0. The number of halogens is 1. The van der Waals surface area contributed by atoms with E-state index in [1.54, 1.807) is 32.0 Å². The number of rotatable bonds is 4. The van der Waals surface area contributed by atoms with E-state index in [1.165, 1.54) is 6.07 Å². The van der Waals surface area contributed by atoms with E-state index in [4.69, 9.17) is 5.26 Å². The van der Waals surface area contributed by atoms with Gasteiger partial charge in [-0.25, -0.2) is 4.39 Å². The van der Waals surface area contributed by atoms with Gasteiger partial charge < -0.3 is 10.4 Å². The Kier molecular flexibility index (Phi) is 3.99. The minimum atomic E-state index is -0.830. The highest BCUT2D eigenvalue weighted by Crippen LogP contribution is 2.12. The van der Waals surface area contributed by atoms with E-state index in [0.29, 0.717) is 18.7 Å². The number of nitrogens with zero attached hydrogens (tertiary/aromatic N) is 1. The first-order valence-electron chi connectivity index (χ1n) is 5.04. The molecule has 0 saturated heterocycles. The lowest BCUT2D eigenvalue weighted by Gasteiger charge is -2.17. The van der Waals surface area contributed by atoms with Crippen LogP contribution in [0.1, 0.15) is 25.0 Å². The van der Waals surface area contributed by atoms with Crippen molar-refractivity contribution >= 4 is 0 Å². The van der Waals surface area contributed by atoms with Crippen LogP contribution in [0.3, 0.4) is 0 Å². The van der Waals surface area contributed by atoms with Crippen molar-refractivity contribution in [2.75, 3.05) is 6.54 Å². The molecule has 4 heteroatoms. The van der Waals surface area contributed by atoms with E-state index >= 15 is 0 Å². The van der Waals surface area contributed by atoms with Gasteiger partial charge in [0.1, 0.15) is 11.9 Å². The van der Waals surface area contributed by atoms with Gasteiger partial charge in [-0.15, -0.1) is 0 Å². The topological polar surface area (TPSA) is 56.0 Å². The highest BCUT2D eigenvalue weighted by atomic mass is 19.1. The summed E-state index contributed by atoms with van der Waals surface area (Å²) in [4.78, 5) is 0. The van der Waals surface area contributed by atoms with Crippen molar-refractivity contribution in [3.8, 4) is 6.07 Å². The van der Waals surface area contributed by atoms with Crippen LogP contribution in [0.25, 0.3) is 0 Å². The number of hydrogen-bond donors (Lipinski definition) is 2. The van der Waals surface area contributed by atoms with E-state index in [2.05, 4.69) is 5.32 Å². The molecule has 1 aromatic carbocycles. The first-order chi connectivity index (χ1) is 7.44. The lowest BCUT2D eigenvalue weighted by atomic mass is 10.1. The number of nitriles is 1. The molecule has 0 aliphatic heterocycles.